The van der Waals surface area contributed by atoms with Crippen LogP contribution in [-0.4, -0.2) is 12.6 Å². The smallest absolute Gasteiger partial charge is 0.313 e. The number of hydrogen-bond donors (Lipinski definition) is 0. The van der Waals surface area contributed by atoms with Gasteiger partial charge in [-0.1, -0.05) is 25.4 Å². The highest BCUT2D eigenvalue weighted by Gasteiger charge is 2.17. The SMILES string of the molecule is CC.CCOC(=O)Cc1oc(Br)cc1-c1ccc(Cl)s1. The van der Waals surface area contributed by atoms with Crippen LogP contribution in [0.3, 0.4) is 0 Å². The maximum absolute atomic E-state index is 11.5. The molecule has 2 aromatic heterocycles. The van der Waals surface area contributed by atoms with Crippen molar-refractivity contribution in [3.63, 3.8) is 0 Å². The lowest BCUT2D eigenvalue weighted by Gasteiger charge is -2.01. The summed E-state index contributed by atoms with van der Waals surface area (Å²) in [5.74, 6) is 0.280. The van der Waals surface area contributed by atoms with E-state index in [-0.39, 0.29) is 12.4 Å². The van der Waals surface area contributed by atoms with Crippen molar-refractivity contribution in [2.45, 2.75) is 27.2 Å². The minimum atomic E-state index is -0.303. The van der Waals surface area contributed by atoms with Gasteiger partial charge in [-0.25, -0.2) is 0 Å². The van der Waals surface area contributed by atoms with Crippen LogP contribution in [0.5, 0.6) is 0 Å². The van der Waals surface area contributed by atoms with Crippen LogP contribution in [0, 0.1) is 0 Å². The van der Waals surface area contributed by atoms with Gasteiger partial charge in [-0.05, 0) is 35.0 Å². The minimum Gasteiger partial charge on any atom is -0.466 e. The van der Waals surface area contributed by atoms with E-state index >= 15 is 0 Å². The number of carbonyl (C=O) groups excluding carboxylic acids is 1. The van der Waals surface area contributed by atoms with Crippen molar-refractivity contribution < 1.29 is 13.9 Å². The monoisotopic (exact) mass is 378 g/mol. The number of ether oxygens (including phenoxy) is 1. The molecular weight excluding hydrogens is 364 g/mol. The van der Waals surface area contributed by atoms with E-state index in [1.807, 2.05) is 32.0 Å². The van der Waals surface area contributed by atoms with Crippen molar-refractivity contribution >= 4 is 44.8 Å². The third-order valence-corrected chi connectivity index (χ3v) is 3.88. The topological polar surface area (TPSA) is 39.4 Å². The van der Waals surface area contributed by atoms with Crippen molar-refractivity contribution in [3.8, 4) is 10.4 Å². The number of furan rings is 1. The zero-order chi connectivity index (χ0) is 15.1. The van der Waals surface area contributed by atoms with E-state index in [1.54, 1.807) is 6.92 Å². The summed E-state index contributed by atoms with van der Waals surface area (Å²) < 4.78 is 11.7. The maximum Gasteiger partial charge on any atom is 0.313 e. The van der Waals surface area contributed by atoms with Crippen LogP contribution in [0.15, 0.2) is 27.3 Å². The summed E-state index contributed by atoms with van der Waals surface area (Å²) in [6, 6.07) is 5.55. The number of thiophene rings is 1. The van der Waals surface area contributed by atoms with Crippen LogP contribution in [0.2, 0.25) is 4.34 Å². The number of carbonyl (C=O) groups is 1. The number of hydrogen-bond acceptors (Lipinski definition) is 4. The summed E-state index contributed by atoms with van der Waals surface area (Å²) in [6.45, 7) is 6.14. The predicted molar refractivity (Wildman–Crippen MR) is 86.4 cm³/mol. The van der Waals surface area contributed by atoms with Gasteiger partial charge in [0.15, 0.2) is 4.67 Å². The maximum atomic E-state index is 11.5. The van der Waals surface area contributed by atoms with Crippen molar-refractivity contribution in [2.75, 3.05) is 6.61 Å². The molecule has 110 valence electrons. The van der Waals surface area contributed by atoms with E-state index < -0.39 is 0 Å². The van der Waals surface area contributed by atoms with E-state index in [9.17, 15) is 4.79 Å². The first kappa shape index (κ1) is 17.3. The molecule has 2 rings (SSSR count). The fourth-order valence-corrected chi connectivity index (χ4v) is 3.04. The second-order valence-electron chi connectivity index (χ2n) is 3.47. The normalized spacial score (nSPS) is 9.85. The molecule has 2 heterocycles. The van der Waals surface area contributed by atoms with Crippen LogP contribution in [-0.2, 0) is 16.0 Å². The number of rotatable bonds is 4. The molecule has 0 unspecified atom stereocenters. The zero-order valence-corrected chi connectivity index (χ0v) is 14.7. The van der Waals surface area contributed by atoms with E-state index in [4.69, 9.17) is 20.8 Å². The van der Waals surface area contributed by atoms with Crippen molar-refractivity contribution in [2.24, 2.45) is 0 Å². The molecule has 0 atom stereocenters. The summed E-state index contributed by atoms with van der Waals surface area (Å²) in [5, 5.41) is 0. The molecular formula is C14H16BrClO3S. The van der Waals surface area contributed by atoms with Crippen LogP contribution in [0.1, 0.15) is 26.5 Å². The molecule has 0 saturated heterocycles. The average molecular weight is 380 g/mol. The molecule has 0 aliphatic heterocycles. The van der Waals surface area contributed by atoms with Gasteiger partial charge < -0.3 is 9.15 Å². The third-order valence-electron chi connectivity index (χ3n) is 2.23. The Hall–Kier alpha value is -0.780. The molecule has 0 aliphatic rings. The Labute approximate surface area is 136 Å². The second kappa shape index (κ2) is 8.49. The van der Waals surface area contributed by atoms with Gasteiger partial charge in [0.25, 0.3) is 0 Å². The highest BCUT2D eigenvalue weighted by atomic mass is 79.9. The molecule has 0 N–H and O–H groups in total. The van der Waals surface area contributed by atoms with Gasteiger partial charge in [0.2, 0.25) is 0 Å². The van der Waals surface area contributed by atoms with Crippen LogP contribution >= 0.6 is 38.9 Å². The second-order valence-corrected chi connectivity index (χ2v) is 5.97. The summed E-state index contributed by atoms with van der Waals surface area (Å²) in [6.07, 6.45) is 0.115. The Bertz CT molecular complexity index is 563. The quantitative estimate of drug-likeness (QED) is 0.653. The molecule has 0 amide bonds. The third kappa shape index (κ3) is 4.65. The summed E-state index contributed by atoms with van der Waals surface area (Å²) in [4.78, 5) is 12.5. The summed E-state index contributed by atoms with van der Waals surface area (Å²) >= 11 is 10.6. The van der Waals surface area contributed by atoms with Gasteiger partial charge in [-0.3, -0.25) is 4.79 Å². The first-order valence-corrected chi connectivity index (χ1v) is 8.28. The highest BCUT2D eigenvalue weighted by Crippen LogP contribution is 2.36. The summed E-state index contributed by atoms with van der Waals surface area (Å²) in [7, 11) is 0. The lowest BCUT2D eigenvalue weighted by Crippen LogP contribution is -2.07. The van der Waals surface area contributed by atoms with Crippen molar-refractivity contribution in [1.82, 2.24) is 0 Å². The van der Waals surface area contributed by atoms with E-state index in [1.165, 1.54) is 11.3 Å². The molecule has 20 heavy (non-hydrogen) atoms. The van der Waals surface area contributed by atoms with Gasteiger partial charge in [0, 0.05) is 16.5 Å². The van der Waals surface area contributed by atoms with Gasteiger partial charge >= 0.3 is 5.97 Å². The lowest BCUT2D eigenvalue weighted by molar-refractivity contribution is -0.142. The molecule has 0 fully saturated rings. The van der Waals surface area contributed by atoms with Crippen molar-refractivity contribution in [3.05, 3.63) is 33.0 Å². The first-order chi connectivity index (χ1) is 9.60. The standard InChI is InChI=1S/C12H10BrClO3S.C2H6/c1-2-16-12(15)6-8-7(5-10(13)17-8)9-3-4-11(14)18-9;1-2/h3-5H,2,6H2,1H3;1-2H3. The Morgan fingerprint density at radius 2 is 2.15 bits per heavy atom. The molecule has 2 aromatic rings. The molecule has 0 aromatic carbocycles. The zero-order valence-electron chi connectivity index (χ0n) is 11.5. The van der Waals surface area contributed by atoms with Gasteiger partial charge in [0.1, 0.15) is 12.2 Å². The Kier molecular flexibility index (Phi) is 7.34. The van der Waals surface area contributed by atoms with E-state index in [0.717, 1.165) is 10.4 Å². The molecule has 0 saturated carbocycles. The first-order valence-electron chi connectivity index (χ1n) is 6.29. The van der Waals surface area contributed by atoms with Crippen LogP contribution in [0.4, 0.5) is 0 Å². The van der Waals surface area contributed by atoms with E-state index in [0.29, 0.717) is 21.4 Å². The molecule has 6 heteroatoms. The minimum absolute atomic E-state index is 0.115. The van der Waals surface area contributed by atoms with Crippen LogP contribution < -0.4 is 0 Å². The van der Waals surface area contributed by atoms with E-state index in [2.05, 4.69) is 15.9 Å². The average Bonchev–Trinajstić information content (AvgIpc) is 2.98. The van der Waals surface area contributed by atoms with Gasteiger partial charge in [-0.15, -0.1) is 11.3 Å². The van der Waals surface area contributed by atoms with Gasteiger partial charge in [0.05, 0.1) is 10.9 Å². The summed E-state index contributed by atoms with van der Waals surface area (Å²) in [5.41, 5.74) is 0.867. The van der Waals surface area contributed by atoms with Crippen molar-refractivity contribution in [1.29, 1.82) is 0 Å². The Morgan fingerprint density at radius 1 is 1.45 bits per heavy atom. The molecule has 0 spiro atoms. The molecule has 0 radical (unpaired) electrons. The highest BCUT2D eigenvalue weighted by molar-refractivity contribution is 9.10. The number of esters is 1. The van der Waals surface area contributed by atoms with Gasteiger partial charge in [-0.2, -0.15) is 0 Å². The molecule has 0 aliphatic carbocycles. The predicted octanol–water partition coefficient (Wildman–Crippen LogP) is 5.56. The fraction of sp³-hybridized carbons (Fsp3) is 0.357. The van der Waals surface area contributed by atoms with Crippen LogP contribution in [0.25, 0.3) is 10.4 Å². The molecule has 0 bridgehead atoms. The Morgan fingerprint density at radius 3 is 2.70 bits per heavy atom. The Balaban J connectivity index is 0.000000956. The lowest BCUT2D eigenvalue weighted by atomic mass is 10.2. The largest absolute Gasteiger partial charge is 0.466 e. The number of halogens is 2. The fourth-order valence-electron chi connectivity index (χ4n) is 1.54. The molecule has 3 nitrogen and oxygen atoms in total.